The van der Waals surface area contributed by atoms with E-state index in [0.717, 1.165) is 19.3 Å². The Labute approximate surface area is 125 Å². The maximum absolute atomic E-state index is 11.7. The van der Waals surface area contributed by atoms with Crippen LogP contribution in [0.25, 0.3) is 0 Å². The van der Waals surface area contributed by atoms with Gasteiger partial charge in [0.1, 0.15) is 5.75 Å². The predicted molar refractivity (Wildman–Crippen MR) is 82.6 cm³/mol. The van der Waals surface area contributed by atoms with Crippen LogP contribution in [0, 0.1) is 0 Å². The van der Waals surface area contributed by atoms with Gasteiger partial charge in [-0.15, -0.1) is 0 Å². The number of rotatable bonds is 9. The molecule has 21 heavy (non-hydrogen) atoms. The van der Waals surface area contributed by atoms with Gasteiger partial charge < -0.3 is 9.84 Å². The van der Waals surface area contributed by atoms with Gasteiger partial charge in [0.2, 0.25) is 5.43 Å². The molecule has 0 saturated heterocycles. The van der Waals surface area contributed by atoms with Crippen molar-refractivity contribution in [2.45, 2.75) is 58.3 Å². The summed E-state index contributed by atoms with van der Waals surface area (Å²) in [6, 6.07) is 5.23. The van der Waals surface area contributed by atoms with Crippen molar-refractivity contribution in [2.75, 3.05) is 0 Å². The summed E-state index contributed by atoms with van der Waals surface area (Å²) in [7, 11) is 0. The van der Waals surface area contributed by atoms with Gasteiger partial charge in [-0.05, 0) is 30.7 Å². The van der Waals surface area contributed by atoms with Gasteiger partial charge in [0.25, 0.3) is 0 Å². The highest BCUT2D eigenvalue weighted by atomic mass is 16.5. The molecule has 116 valence electrons. The van der Waals surface area contributed by atoms with Crippen molar-refractivity contribution in [3.8, 4) is 11.5 Å². The Balaban J connectivity index is 2.25. The average molecular weight is 292 g/mol. The van der Waals surface area contributed by atoms with Gasteiger partial charge in [-0.1, -0.05) is 45.4 Å². The first-order valence-electron chi connectivity index (χ1n) is 7.67. The average Bonchev–Trinajstić information content (AvgIpc) is 2.62. The largest absolute Gasteiger partial charge is 0.504 e. The minimum Gasteiger partial charge on any atom is -0.504 e. The highest BCUT2D eigenvalue weighted by Crippen LogP contribution is 2.13. The zero-order valence-electron chi connectivity index (χ0n) is 12.6. The van der Waals surface area contributed by atoms with E-state index in [2.05, 4.69) is 6.92 Å². The number of carbonyl (C=O) groups excluding carboxylic acids is 1. The molecule has 0 fully saturated rings. The molecule has 1 N–H and O–H groups in total. The summed E-state index contributed by atoms with van der Waals surface area (Å²) in [4.78, 5) is 22.8. The van der Waals surface area contributed by atoms with Gasteiger partial charge in [-0.2, -0.15) is 0 Å². The quantitative estimate of drug-likeness (QED) is 0.555. The fourth-order valence-electron chi connectivity index (χ4n) is 2.02. The van der Waals surface area contributed by atoms with Crippen LogP contribution in [0.15, 0.2) is 29.1 Å². The monoisotopic (exact) mass is 292 g/mol. The molecule has 0 unspecified atom stereocenters. The number of carbonyl (C=O) groups is 1. The van der Waals surface area contributed by atoms with Gasteiger partial charge in [0, 0.05) is 6.42 Å². The van der Waals surface area contributed by atoms with Crippen molar-refractivity contribution in [1.82, 2.24) is 0 Å². The normalized spacial score (nSPS) is 10.3. The van der Waals surface area contributed by atoms with Gasteiger partial charge >= 0.3 is 5.97 Å². The lowest BCUT2D eigenvalue weighted by Gasteiger charge is -2.03. The van der Waals surface area contributed by atoms with E-state index < -0.39 is 5.43 Å². The molecule has 0 bridgehead atoms. The highest BCUT2D eigenvalue weighted by molar-refractivity contribution is 5.72. The second kappa shape index (κ2) is 9.97. The maximum Gasteiger partial charge on any atom is 0.311 e. The lowest BCUT2D eigenvalue weighted by molar-refractivity contribution is -0.134. The van der Waals surface area contributed by atoms with E-state index in [9.17, 15) is 14.7 Å². The minimum absolute atomic E-state index is 0.278. The fraction of sp³-hybridized carbons (Fsp3) is 0.529. The van der Waals surface area contributed by atoms with E-state index in [1.807, 2.05) is 0 Å². The highest BCUT2D eigenvalue weighted by Gasteiger charge is 2.04. The van der Waals surface area contributed by atoms with Gasteiger partial charge in [0.05, 0.1) is 0 Å². The molecular weight excluding hydrogens is 268 g/mol. The third-order valence-electron chi connectivity index (χ3n) is 3.27. The predicted octanol–water partition coefficient (Wildman–Crippen LogP) is 3.80. The van der Waals surface area contributed by atoms with Crippen LogP contribution in [0.1, 0.15) is 58.3 Å². The Morgan fingerprint density at radius 1 is 1.00 bits per heavy atom. The van der Waals surface area contributed by atoms with Crippen LogP contribution in [0.2, 0.25) is 0 Å². The van der Waals surface area contributed by atoms with Crippen LogP contribution in [0.3, 0.4) is 0 Å². The minimum atomic E-state index is -0.496. The molecular formula is C17H24O4. The summed E-state index contributed by atoms with van der Waals surface area (Å²) in [5.74, 6) is -0.383. The first kappa shape index (κ1) is 17.2. The fourth-order valence-corrected chi connectivity index (χ4v) is 2.02. The molecule has 0 aromatic heterocycles. The molecule has 4 nitrogen and oxygen atoms in total. The summed E-state index contributed by atoms with van der Waals surface area (Å²) in [5.41, 5.74) is -0.496. The SMILES string of the molecule is CCCCCCCCCC(=O)Oc1ccc(O)c(=O)cc1. The van der Waals surface area contributed by atoms with E-state index in [1.54, 1.807) is 0 Å². The summed E-state index contributed by atoms with van der Waals surface area (Å²) >= 11 is 0. The van der Waals surface area contributed by atoms with Crippen molar-refractivity contribution in [3.05, 3.63) is 34.5 Å². The second-order valence-electron chi connectivity index (χ2n) is 5.16. The van der Waals surface area contributed by atoms with Crippen LogP contribution in [-0.4, -0.2) is 11.1 Å². The number of ether oxygens (including phenoxy) is 1. The van der Waals surface area contributed by atoms with Gasteiger partial charge in [0.15, 0.2) is 5.75 Å². The molecule has 0 radical (unpaired) electrons. The van der Waals surface area contributed by atoms with Crippen molar-refractivity contribution in [2.24, 2.45) is 0 Å². The zero-order chi connectivity index (χ0) is 15.5. The summed E-state index contributed by atoms with van der Waals surface area (Å²) < 4.78 is 5.14. The molecule has 0 saturated carbocycles. The first-order valence-corrected chi connectivity index (χ1v) is 7.67. The van der Waals surface area contributed by atoms with Crippen LogP contribution >= 0.6 is 0 Å². The van der Waals surface area contributed by atoms with Crippen molar-refractivity contribution < 1.29 is 14.6 Å². The Hall–Kier alpha value is -1.84. The van der Waals surface area contributed by atoms with Crippen molar-refractivity contribution >= 4 is 5.97 Å². The zero-order valence-corrected chi connectivity index (χ0v) is 12.6. The Morgan fingerprint density at radius 2 is 1.62 bits per heavy atom. The number of esters is 1. The number of hydrogen-bond acceptors (Lipinski definition) is 4. The molecule has 1 aromatic rings. The molecule has 0 heterocycles. The van der Waals surface area contributed by atoms with E-state index in [4.69, 9.17) is 4.74 Å². The summed E-state index contributed by atoms with van der Waals surface area (Å²) in [5, 5.41) is 9.25. The smallest absolute Gasteiger partial charge is 0.311 e. The lowest BCUT2D eigenvalue weighted by atomic mass is 10.1. The topological polar surface area (TPSA) is 63.6 Å². The molecule has 1 rings (SSSR count). The Kier molecular flexibility index (Phi) is 8.17. The molecule has 0 aliphatic rings. The molecule has 1 aromatic carbocycles. The first-order chi connectivity index (χ1) is 10.1. The van der Waals surface area contributed by atoms with Gasteiger partial charge in [-0.3, -0.25) is 9.59 Å². The van der Waals surface area contributed by atoms with Crippen LogP contribution in [0.5, 0.6) is 11.5 Å². The van der Waals surface area contributed by atoms with E-state index in [0.29, 0.717) is 6.42 Å². The van der Waals surface area contributed by atoms with Crippen LogP contribution in [-0.2, 0) is 4.79 Å². The molecule has 0 amide bonds. The van der Waals surface area contributed by atoms with Crippen molar-refractivity contribution in [3.63, 3.8) is 0 Å². The third kappa shape index (κ3) is 7.49. The van der Waals surface area contributed by atoms with E-state index in [-0.39, 0.29) is 17.5 Å². The van der Waals surface area contributed by atoms with Crippen LogP contribution < -0.4 is 10.2 Å². The van der Waals surface area contributed by atoms with Crippen molar-refractivity contribution in [1.29, 1.82) is 0 Å². The standard InChI is InChI=1S/C17H24O4/c1-2-3-4-5-6-7-8-9-17(20)21-14-10-12-15(18)16(19)13-11-14/h10-13H,2-9H2,1H3,(H,18,19). The molecule has 0 spiro atoms. The number of aromatic hydroxyl groups is 1. The third-order valence-corrected chi connectivity index (χ3v) is 3.27. The molecule has 0 atom stereocenters. The van der Waals surface area contributed by atoms with E-state index in [1.165, 1.54) is 49.9 Å². The molecule has 4 heteroatoms. The summed E-state index contributed by atoms with van der Waals surface area (Å²) in [6.45, 7) is 2.19. The Morgan fingerprint density at radius 3 is 2.33 bits per heavy atom. The lowest BCUT2D eigenvalue weighted by Crippen LogP contribution is -2.07. The second-order valence-corrected chi connectivity index (χ2v) is 5.16. The van der Waals surface area contributed by atoms with Crippen LogP contribution in [0.4, 0.5) is 0 Å². The summed E-state index contributed by atoms with van der Waals surface area (Å²) in [6.07, 6.45) is 8.40. The Bertz CT molecular complexity index is 496. The number of hydrogen-bond donors (Lipinski definition) is 1. The van der Waals surface area contributed by atoms with E-state index >= 15 is 0 Å². The number of unbranched alkanes of at least 4 members (excludes halogenated alkanes) is 6. The van der Waals surface area contributed by atoms with Gasteiger partial charge in [-0.25, -0.2) is 0 Å². The maximum atomic E-state index is 11.7. The molecule has 0 aliphatic heterocycles. The molecule has 0 aliphatic carbocycles.